The van der Waals surface area contributed by atoms with Crippen molar-refractivity contribution in [1.29, 1.82) is 0 Å². The van der Waals surface area contributed by atoms with Crippen LogP contribution in [0.5, 0.6) is 0 Å². The third-order valence-corrected chi connectivity index (χ3v) is 5.83. The molecule has 0 radical (unpaired) electrons. The van der Waals surface area contributed by atoms with Gasteiger partial charge in [-0.05, 0) is 41.8 Å². The van der Waals surface area contributed by atoms with E-state index in [9.17, 15) is 14.4 Å². The van der Waals surface area contributed by atoms with Crippen molar-refractivity contribution in [3.63, 3.8) is 0 Å². The molecule has 188 valence electrons. The summed E-state index contributed by atoms with van der Waals surface area (Å²) in [5.74, 6) is -0.835. The van der Waals surface area contributed by atoms with Gasteiger partial charge in [-0.25, -0.2) is 4.79 Å². The summed E-state index contributed by atoms with van der Waals surface area (Å²) in [5.41, 5.74) is 2.99. The van der Waals surface area contributed by atoms with Crippen LogP contribution in [-0.2, 0) is 25.7 Å². The number of halogens is 1. The topological polar surface area (TPSA) is 106 Å². The molecule has 2 atom stereocenters. The number of anilines is 1. The number of benzene rings is 3. The summed E-state index contributed by atoms with van der Waals surface area (Å²) in [6.07, 6.45) is -0.695. The van der Waals surface area contributed by atoms with Crippen molar-refractivity contribution in [2.45, 2.75) is 25.6 Å². The molecule has 0 aliphatic rings. The summed E-state index contributed by atoms with van der Waals surface area (Å²) < 4.78 is 10.8. The van der Waals surface area contributed by atoms with Crippen LogP contribution < -0.4 is 16.0 Å². The van der Waals surface area contributed by atoms with Crippen LogP contribution in [0.25, 0.3) is 0 Å². The van der Waals surface area contributed by atoms with Gasteiger partial charge in [-0.2, -0.15) is 0 Å². The molecule has 0 heterocycles. The summed E-state index contributed by atoms with van der Waals surface area (Å²) >= 11 is 3.49. The number of ether oxygens (including phenoxy) is 2. The van der Waals surface area contributed by atoms with Crippen molar-refractivity contribution < 1.29 is 23.9 Å². The summed E-state index contributed by atoms with van der Waals surface area (Å²) in [6, 6.07) is 22.9. The van der Waals surface area contributed by atoms with Crippen LogP contribution >= 0.6 is 15.9 Å². The average molecular weight is 554 g/mol. The Bertz CT molecular complexity index is 1170. The first kappa shape index (κ1) is 26.9. The highest BCUT2D eigenvalue weighted by Crippen LogP contribution is 2.31. The zero-order valence-electron chi connectivity index (χ0n) is 20.0. The van der Waals surface area contributed by atoms with Crippen LogP contribution in [0.2, 0.25) is 0 Å². The number of methoxy groups -OCH3 is 1. The second kappa shape index (κ2) is 13.4. The predicted molar refractivity (Wildman–Crippen MR) is 140 cm³/mol. The van der Waals surface area contributed by atoms with E-state index in [0.717, 1.165) is 21.2 Å². The van der Waals surface area contributed by atoms with Gasteiger partial charge in [0.25, 0.3) is 0 Å². The van der Waals surface area contributed by atoms with E-state index in [-0.39, 0.29) is 13.2 Å². The molecule has 3 aromatic rings. The molecule has 8 nitrogen and oxygen atoms in total. The first-order chi connectivity index (χ1) is 17.4. The number of carbonyl (C=O) groups excluding carboxylic acids is 3. The number of carbonyl (C=O) groups is 3. The van der Waals surface area contributed by atoms with Crippen molar-refractivity contribution in [2.75, 3.05) is 19.0 Å². The van der Waals surface area contributed by atoms with Crippen LogP contribution in [0.1, 0.15) is 29.7 Å². The second-order valence-corrected chi connectivity index (χ2v) is 8.86. The highest BCUT2D eigenvalue weighted by molar-refractivity contribution is 9.10. The van der Waals surface area contributed by atoms with Gasteiger partial charge in [-0.3, -0.25) is 14.9 Å². The van der Waals surface area contributed by atoms with Gasteiger partial charge in [-0.1, -0.05) is 76.6 Å². The van der Waals surface area contributed by atoms with Gasteiger partial charge in [0.1, 0.15) is 12.6 Å². The maximum absolute atomic E-state index is 12.9. The lowest BCUT2D eigenvalue weighted by atomic mass is 9.97. The molecule has 3 N–H and O–H groups in total. The maximum Gasteiger partial charge on any atom is 0.408 e. The fourth-order valence-corrected chi connectivity index (χ4v) is 3.82. The molecule has 0 aromatic heterocycles. The molecule has 3 rings (SSSR count). The minimum Gasteiger partial charge on any atom is -0.468 e. The lowest BCUT2D eigenvalue weighted by molar-refractivity contribution is -0.139. The standard InChI is InChI=1S/C27H28BrN3O5/c1-18(30-27(34)36-17-19-9-5-3-6-10-19)26(33)31-23-14-13-21(28)15-22(23)25(29-16-24(32)35-2)20-11-7-4-8-12-20/h3-15,18,25,29H,16-17H2,1-2H3,(H,30,34)(H,31,33)/t18-,25+/m1/s1. The third-order valence-electron chi connectivity index (χ3n) is 5.33. The van der Waals surface area contributed by atoms with Gasteiger partial charge < -0.3 is 20.1 Å². The number of hydrogen-bond donors (Lipinski definition) is 3. The Hall–Kier alpha value is -3.69. The molecule has 0 unspecified atom stereocenters. The Morgan fingerprint density at radius 3 is 2.28 bits per heavy atom. The fraction of sp³-hybridized carbons (Fsp3) is 0.222. The van der Waals surface area contributed by atoms with E-state index >= 15 is 0 Å². The average Bonchev–Trinajstić information content (AvgIpc) is 2.90. The van der Waals surface area contributed by atoms with Crippen molar-refractivity contribution >= 4 is 39.6 Å². The zero-order chi connectivity index (χ0) is 25.9. The maximum atomic E-state index is 12.9. The predicted octanol–water partition coefficient (Wildman–Crippen LogP) is 4.55. The molecule has 0 fully saturated rings. The molecule has 0 saturated heterocycles. The molecule has 36 heavy (non-hydrogen) atoms. The van der Waals surface area contributed by atoms with E-state index in [0.29, 0.717) is 5.69 Å². The van der Waals surface area contributed by atoms with Crippen LogP contribution in [0.15, 0.2) is 83.3 Å². The summed E-state index contributed by atoms with van der Waals surface area (Å²) in [5, 5.41) is 8.63. The van der Waals surface area contributed by atoms with Gasteiger partial charge >= 0.3 is 12.1 Å². The molecule has 2 amide bonds. The highest BCUT2D eigenvalue weighted by Gasteiger charge is 2.22. The Kier molecular flexibility index (Phi) is 10.0. The fourth-order valence-electron chi connectivity index (χ4n) is 3.44. The molecule has 9 heteroatoms. The van der Waals surface area contributed by atoms with Crippen LogP contribution in [0, 0.1) is 0 Å². The normalized spacial score (nSPS) is 12.2. The molecule has 0 aliphatic heterocycles. The largest absolute Gasteiger partial charge is 0.468 e. The number of alkyl carbamates (subject to hydrolysis) is 1. The highest BCUT2D eigenvalue weighted by atomic mass is 79.9. The number of hydrogen-bond acceptors (Lipinski definition) is 6. The number of amides is 2. The Labute approximate surface area is 218 Å². The number of rotatable bonds is 10. The van der Waals surface area contributed by atoms with Gasteiger partial charge in [-0.15, -0.1) is 0 Å². The van der Waals surface area contributed by atoms with Crippen LogP contribution in [0.4, 0.5) is 10.5 Å². The summed E-state index contributed by atoms with van der Waals surface area (Å²) in [6.45, 7) is 1.64. The molecular formula is C27H28BrN3O5. The van der Waals surface area contributed by atoms with E-state index in [1.807, 2.05) is 66.7 Å². The lowest BCUT2D eigenvalue weighted by Crippen LogP contribution is -2.42. The van der Waals surface area contributed by atoms with E-state index in [1.54, 1.807) is 19.1 Å². The van der Waals surface area contributed by atoms with E-state index in [2.05, 4.69) is 31.9 Å². The SMILES string of the molecule is COC(=O)CN[C@@H](c1ccccc1)c1cc(Br)ccc1NC(=O)[C@@H](C)NC(=O)OCc1ccccc1. The monoisotopic (exact) mass is 553 g/mol. The zero-order valence-corrected chi connectivity index (χ0v) is 21.6. The molecule has 0 bridgehead atoms. The van der Waals surface area contributed by atoms with E-state index in [1.165, 1.54) is 7.11 Å². The van der Waals surface area contributed by atoms with E-state index in [4.69, 9.17) is 9.47 Å². The lowest BCUT2D eigenvalue weighted by Gasteiger charge is -2.23. The number of nitrogens with one attached hydrogen (secondary N) is 3. The van der Waals surface area contributed by atoms with Gasteiger partial charge in [0.05, 0.1) is 19.7 Å². The van der Waals surface area contributed by atoms with Crippen LogP contribution in [-0.4, -0.2) is 37.7 Å². The minimum absolute atomic E-state index is 0.0266. The Morgan fingerprint density at radius 2 is 1.61 bits per heavy atom. The Morgan fingerprint density at radius 1 is 0.944 bits per heavy atom. The van der Waals surface area contributed by atoms with Gasteiger partial charge in [0.2, 0.25) is 5.91 Å². The quantitative estimate of drug-likeness (QED) is 0.318. The van der Waals surface area contributed by atoms with Crippen molar-refractivity contribution in [3.8, 4) is 0 Å². The second-order valence-electron chi connectivity index (χ2n) is 7.95. The van der Waals surface area contributed by atoms with Crippen molar-refractivity contribution in [3.05, 3.63) is 100 Å². The third kappa shape index (κ3) is 7.93. The molecule has 0 saturated carbocycles. The summed E-state index contributed by atoms with van der Waals surface area (Å²) in [4.78, 5) is 37.0. The smallest absolute Gasteiger partial charge is 0.408 e. The minimum atomic E-state index is -0.858. The molecule has 3 aromatic carbocycles. The molecule has 0 spiro atoms. The van der Waals surface area contributed by atoms with Crippen molar-refractivity contribution in [2.24, 2.45) is 0 Å². The first-order valence-corrected chi connectivity index (χ1v) is 12.1. The van der Waals surface area contributed by atoms with E-state index < -0.39 is 30.1 Å². The van der Waals surface area contributed by atoms with Crippen molar-refractivity contribution in [1.82, 2.24) is 10.6 Å². The Balaban J connectivity index is 1.73. The summed E-state index contributed by atoms with van der Waals surface area (Å²) in [7, 11) is 1.32. The molecular weight excluding hydrogens is 526 g/mol. The van der Waals surface area contributed by atoms with Gasteiger partial charge in [0.15, 0.2) is 0 Å². The van der Waals surface area contributed by atoms with Gasteiger partial charge in [0, 0.05) is 10.2 Å². The first-order valence-electron chi connectivity index (χ1n) is 11.3. The van der Waals surface area contributed by atoms with Crippen LogP contribution in [0.3, 0.4) is 0 Å². The number of esters is 1. The molecule has 0 aliphatic carbocycles.